The van der Waals surface area contributed by atoms with Gasteiger partial charge in [0.15, 0.2) is 0 Å². The first kappa shape index (κ1) is 20.9. The Morgan fingerprint density at radius 1 is 1.13 bits per heavy atom. The number of nitrogens with one attached hydrogen (secondary N) is 1. The van der Waals surface area contributed by atoms with Gasteiger partial charge < -0.3 is 26.2 Å². The summed E-state index contributed by atoms with van der Waals surface area (Å²) >= 11 is 0. The number of hydrogen-bond donors (Lipinski definition) is 4. The highest BCUT2D eigenvalue weighted by molar-refractivity contribution is 5.94. The molecule has 7 heteroatoms. The Morgan fingerprint density at radius 2 is 1.70 bits per heavy atom. The Morgan fingerprint density at radius 3 is 2.23 bits per heavy atom. The molecule has 1 amide bonds. The number of aliphatic hydroxyl groups is 2. The van der Waals surface area contributed by atoms with E-state index in [0.29, 0.717) is 18.7 Å². The summed E-state index contributed by atoms with van der Waals surface area (Å²) in [4.78, 5) is 17.5. The van der Waals surface area contributed by atoms with E-state index in [-0.39, 0.29) is 12.5 Å². The van der Waals surface area contributed by atoms with Crippen LogP contribution in [0.1, 0.15) is 21.5 Å². The van der Waals surface area contributed by atoms with E-state index < -0.39 is 12.3 Å². The molecule has 152 valence electrons. The smallest absolute Gasteiger partial charge is 0.254 e. The molecule has 0 aliphatic carbocycles. The number of likely N-dealkylation sites (tertiary alicyclic amines) is 1. The molecule has 5 N–H and O–H groups in total. The third-order valence-corrected chi connectivity index (χ3v) is 4.36. The van der Waals surface area contributed by atoms with E-state index in [1.807, 2.05) is 12.1 Å². The van der Waals surface area contributed by atoms with E-state index in [4.69, 9.17) is 5.73 Å². The predicted molar refractivity (Wildman–Crippen MR) is 116 cm³/mol. The van der Waals surface area contributed by atoms with Gasteiger partial charge in [0.25, 0.3) is 5.91 Å². The number of aliphatic imine (C=N–C) groups is 1. The lowest BCUT2D eigenvalue weighted by Crippen LogP contribution is -2.53. The monoisotopic (exact) mass is 402 g/mol. The van der Waals surface area contributed by atoms with Gasteiger partial charge in [-0.05, 0) is 60.4 Å². The summed E-state index contributed by atoms with van der Waals surface area (Å²) in [6.45, 7) is 0.942. The number of β-amino-alcohol motifs (C(OH)–C–C–N with tert-alkyl or cyclic N) is 1. The summed E-state index contributed by atoms with van der Waals surface area (Å²) in [7, 11) is 0. The number of benzene rings is 2. The number of anilines is 1. The van der Waals surface area contributed by atoms with Gasteiger partial charge in [-0.2, -0.15) is 0 Å². The Labute approximate surface area is 175 Å². The maximum atomic E-state index is 12.2. The minimum absolute atomic E-state index is 0.0860. The van der Waals surface area contributed by atoms with Crippen molar-refractivity contribution in [3.63, 3.8) is 0 Å². The fraction of sp³-hybridized carbons (Fsp3) is 0.217. The maximum absolute atomic E-state index is 12.2. The second-order valence-corrected chi connectivity index (χ2v) is 6.69. The zero-order valence-electron chi connectivity index (χ0n) is 16.2. The normalized spacial score (nSPS) is 14.1. The van der Waals surface area contributed by atoms with Crippen molar-refractivity contribution in [2.75, 3.05) is 25.0 Å². The molecule has 0 bridgehead atoms. The van der Waals surface area contributed by atoms with Crippen LogP contribution >= 0.6 is 0 Å². The van der Waals surface area contributed by atoms with Crippen molar-refractivity contribution in [1.82, 2.24) is 4.90 Å². The number of carbonyl (C=O) groups is 1. The van der Waals surface area contributed by atoms with Crippen molar-refractivity contribution < 1.29 is 15.0 Å². The molecule has 3 rings (SSSR count). The fourth-order valence-corrected chi connectivity index (χ4v) is 2.76. The minimum atomic E-state index is -0.813. The molecule has 0 saturated carbocycles. The molecule has 1 aliphatic heterocycles. The third-order valence-electron chi connectivity index (χ3n) is 4.36. The summed E-state index contributed by atoms with van der Waals surface area (Å²) in [5.74, 6) is 11.4. The van der Waals surface area contributed by atoms with Gasteiger partial charge in [-0.1, -0.05) is 11.8 Å². The average Bonchev–Trinajstić information content (AvgIpc) is 2.74. The van der Waals surface area contributed by atoms with Crippen LogP contribution in [0.2, 0.25) is 0 Å². The maximum Gasteiger partial charge on any atom is 0.254 e. The van der Waals surface area contributed by atoms with Crippen molar-refractivity contribution in [2.24, 2.45) is 10.7 Å². The lowest BCUT2D eigenvalue weighted by atomic mass is 10.1. The number of nitrogens with two attached hydrogens (primary N) is 1. The number of nitrogens with zero attached hydrogens (tertiary/aromatic N) is 2. The van der Waals surface area contributed by atoms with Crippen LogP contribution in [0.3, 0.4) is 0 Å². The van der Waals surface area contributed by atoms with Crippen LogP contribution in [0.4, 0.5) is 5.69 Å². The van der Waals surface area contributed by atoms with Gasteiger partial charge in [-0.15, -0.1) is 0 Å². The molecule has 2 aromatic carbocycles. The van der Waals surface area contributed by atoms with Crippen LogP contribution in [0.5, 0.6) is 0 Å². The largest absolute Gasteiger partial charge is 0.390 e. The molecule has 1 aliphatic rings. The molecule has 1 unspecified atom stereocenters. The summed E-state index contributed by atoms with van der Waals surface area (Å²) in [6, 6.07) is 14.3. The standard InChI is InChI=1S/C23H22N4O3/c24-16-25-13-22(29)26-20-11-7-18(8-12-20)4-2-1-3-17-5-9-19(10-6-17)23(30)27-14-21(28)15-27/h5-12,16,21-22,26,28-29H,13-15H2,(H2,24,25). The highest BCUT2D eigenvalue weighted by Crippen LogP contribution is 2.14. The zero-order chi connectivity index (χ0) is 21.3. The van der Waals surface area contributed by atoms with Gasteiger partial charge in [-0.3, -0.25) is 9.79 Å². The van der Waals surface area contributed by atoms with Crippen molar-refractivity contribution in [3.8, 4) is 23.7 Å². The van der Waals surface area contributed by atoms with E-state index in [9.17, 15) is 15.0 Å². The number of carbonyl (C=O) groups excluding carboxylic acids is 1. The average molecular weight is 402 g/mol. The Kier molecular flexibility index (Phi) is 7.07. The van der Waals surface area contributed by atoms with Gasteiger partial charge in [0.1, 0.15) is 6.23 Å². The van der Waals surface area contributed by atoms with E-state index in [0.717, 1.165) is 23.2 Å². The lowest BCUT2D eigenvalue weighted by molar-refractivity contribution is 0.00589. The van der Waals surface area contributed by atoms with Crippen molar-refractivity contribution >= 4 is 17.9 Å². The third kappa shape index (κ3) is 5.86. The molecule has 30 heavy (non-hydrogen) atoms. The molecule has 0 spiro atoms. The summed E-state index contributed by atoms with van der Waals surface area (Å²) in [6.07, 6.45) is -0.0718. The first-order valence-corrected chi connectivity index (χ1v) is 9.39. The van der Waals surface area contributed by atoms with E-state index in [1.165, 1.54) is 0 Å². The molecule has 1 saturated heterocycles. The van der Waals surface area contributed by atoms with Crippen LogP contribution in [-0.4, -0.2) is 59.3 Å². The molecule has 2 aromatic rings. The molecular weight excluding hydrogens is 380 g/mol. The quantitative estimate of drug-likeness (QED) is 0.254. The number of hydrogen-bond acceptors (Lipinski definition) is 5. The molecule has 0 aromatic heterocycles. The fourth-order valence-electron chi connectivity index (χ4n) is 2.76. The van der Waals surface area contributed by atoms with E-state index in [2.05, 4.69) is 34.0 Å². The van der Waals surface area contributed by atoms with Crippen molar-refractivity contribution in [2.45, 2.75) is 12.3 Å². The molecule has 1 atom stereocenters. The highest BCUT2D eigenvalue weighted by Gasteiger charge is 2.29. The second-order valence-electron chi connectivity index (χ2n) is 6.69. The van der Waals surface area contributed by atoms with Crippen molar-refractivity contribution in [3.05, 3.63) is 65.2 Å². The van der Waals surface area contributed by atoms with Crippen LogP contribution in [0.15, 0.2) is 53.5 Å². The molecule has 1 heterocycles. The van der Waals surface area contributed by atoms with Crippen molar-refractivity contribution in [1.29, 1.82) is 0 Å². The van der Waals surface area contributed by atoms with Gasteiger partial charge in [-0.25, -0.2) is 0 Å². The SMILES string of the molecule is N/C=N\CC(O)Nc1ccc(C#CC#Cc2ccc(C(=O)N3CC(O)C3)cc2)cc1. The molecule has 1 fully saturated rings. The first-order valence-electron chi connectivity index (χ1n) is 9.39. The van der Waals surface area contributed by atoms with Gasteiger partial charge >= 0.3 is 0 Å². The predicted octanol–water partition coefficient (Wildman–Crippen LogP) is 0.624. The highest BCUT2D eigenvalue weighted by atomic mass is 16.3. The Hall–Kier alpha value is -3.78. The van der Waals surface area contributed by atoms with Crippen LogP contribution in [0, 0.1) is 23.7 Å². The molecule has 7 nitrogen and oxygen atoms in total. The molecule has 0 radical (unpaired) electrons. The topological polar surface area (TPSA) is 111 Å². The molecular formula is C23H22N4O3. The lowest BCUT2D eigenvalue weighted by Gasteiger charge is -2.35. The number of rotatable bonds is 5. The number of amides is 1. The van der Waals surface area contributed by atoms with E-state index in [1.54, 1.807) is 41.3 Å². The zero-order valence-corrected chi connectivity index (χ0v) is 16.2. The van der Waals surface area contributed by atoms with Crippen LogP contribution < -0.4 is 11.1 Å². The van der Waals surface area contributed by atoms with Crippen LogP contribution in [0.25, 0.3) is 0 Å². The Bertz CT molecular complexity index is 1020. The van der Waals surface area contributed by atoms with Gasteiger partial charge in [0.05, 0.1) is 19.0 Å². The van der Waals surface area contributed by atoms with Gasteiger partial charge in [0.2, 0.25) is 0 Å². The second kappa shape index (κ2) is 10.1. The first-order chi connectivity index (χ1) is 14.5. The van der Waals surface area contributed by atoms with E-state index >= 15 is 0 Å². The number of aliphatic hydroxyl groups excluding tert-OH is 2. The summed E-state index contributed by atoms with van der Waals surface area (Å²) in [5.41, 5.74) is 8.02. The van der Waals surface area contributed by atoms with Gasteiger partial charge in [0, 0.05) is 35.5 Å². The summed E-state index contributed by atoms with van der Waals surface area (Å²) in [5, 5.41) is 21.9. The van der Waals surface area contributed by atoms with Crippen LogP contribution in [-0.2, 0) is 0 Å². The summed E-state index contributed by atoms with van der Waals surface area (Å²) < 4.78 is 0. The minimum Gasteiger partial charge on any atom is -0.390 e. The Balaban J connectivity index is 1.54.